The second-order valence-corrected chi connectivity index (χ2v) is 16.3. The molecule has 0 aromatic carbocycles. The molecule has 0 aromatic heterocycles. The van der Waals surface area contributed by atoms with E-state index in [1.807, 2.05) is 0 Å². The molecule has 6 nitrogen and oxygen atoms in total. The molecule has 0 aliphatic rings. The lowest BCUT2D eigenvalue weighted by molar-refractivity contribution is -0.167. The van der Waals surface area contributed by atoms with Gasteiger partial charge in [-0.3, -0.25) is 14.4 Å². The first kappa shape index (κ1) is 51.4. The fraction of sp³-hybridized carbons (Fsp3) is 0.936. The Morgan fingerprint density at radius 2 is 0.660 bits per heavy atom. The lowest BCUT2D eigenvalue weighted by Crippen LogP contribution is -2.30. The van der Waals surface area contributed by atoms with Crippen molar-refractivity contribution < 1.29 is 28.6 Å². The summed E-state index contributed by atoms with van der Waals surface area (Å²) in [6.07, 6.45) is 41.0. The standard InChI is InChI=1S/C47H90O6/c1-5-8-10-12-14-15-16-17-18-19-20-21-22-23-24-26-32-36-40-47(50)53-44(41-51-45(48)38-34-30-25-13-11-9-6-2)42-52-46(49)39-35-31-28-27-29-33-37-43(4)7-3/h43-44H,5-42H2,1-4H3/t43?,44-/m0/s1. The van der Waals surface area contributed by atoms with Crippen molar-refractivity contribution in [3.8, 4) is 0 Å². The summed E-state index contributed by atoms with van der Waals surface area (Å²) in [7, 11) is 0. The summed E-state index contributed by atoms with van der Waals surface area (Å²) in [5, 5.41) is 0. The molecule has 0 aliphatic heterocycles. The minimum atomic E-state index is -0.759. The van der Waals surface area contributed by atoms with Gasteiger partial charge in [-0.05, 0) is 25.2 Å². The van der Waals surface area contributed by atoms with Crippen molar-refractivity contribution in [1.82, 2.24) is 0 Å². The summed E-state index contributed by atoms with van der Waals surface area (Å²) < 4.78 is 16.7. The van der Waals surface area contributed by atoms with Crippen LogP contribution >= 0.6 is 0 Å². The third kappa shape index (κ3) is 39.9. The van der Waals surface area contributed by atoms with E-state index in [4.69, 9.17) is 14.2 Å². The minimum Gasteiger partial charge on any atom is -0.462 e. The molecule has 53 heavy (non-hydrogen) atoms. The van der Waals surface area contributed by atoms with E-state index in [-0.39, 0.29) is 31.1 Å². The normalized spacial score (nSPS) is 12.5. The molecular weight excluding hydrogens is 661 g/mol. The van der Waals surface area contributed by atoms with Crippen LogP contribution in [0.25, 0.3) is 0 Å². The average molecular weight is 751 g/mol. The van der Waals surface area contributed by atoms with Crippen molar-refractivity contribution in [2.24, 2.45) is 5.92 Å². The Balaban J connectivity index is 4.21. The highest BCUT2D eigenvalue weighted by atomic mass is 16.6. The number of carbonyl (C=O) groups is 3. The van der Waals surface area contributed by atoms with Crippen LogP contribution in [0.3, 0.4) is 0 Å². The number of carbonyl (C=O) groups excluding carboxylic acids is 3. The Bertz CT molecular complexity index is 798. The molecule has 0 bridgehead atoms. The molecule has 0 spiro atoms. The van der Waals surface area contributed by atoms with E-state index >= 15 is 0 Å². The Hall–Kier alpha value is -1.59. The van der Waals surface area contributed by atoms with E-state index in [9.17, 15) is 14.4 Å². The number of unbranched alkanes of at least 4 members (excludes halogenated alkanes) is 28. The fourth-order valence-electron chi connectivity index (χ4n) is 6.95. The lowest BCUT2D eigenvalue weighted by Gasteiger charge is -2.18. The van der Waals surface area contributed by atoms with Crippen LogP contribution in [-0.4, -0.2) is 37.2 Å². The first-order chi connectivity index (χ1) is 25.9. The van der Waals surface area contributed by atoms with Crippen molar-refractivity contribution in [3.63, 3.8) is 0 Å². The topological polar surface area (TPSA) is 78.9 Å². The zero-order valence-corrected chi connectivity index (χ0v) is 36.0. The summed E-state index contributed by atoms with van der Waals surface area (Å²) in [4.78, 5) is 37.6. The van der Waals surface area contributed by atoms with E-state index in [2.05, 4.69) is 27.7 Å². The largest absolute Gasteiger partial charge is 0.462 e. The predicted molar refractivity (Wildman–Crippen MR) is 224 cm³/mol. The average Bonchev–Trinajstić information content (AvgIpc) is 3.15. The zero-order chi connectivity index (χ0) is 38.9. The minimum absolute atomic E-state index is 0.0654. The molecule has 0 aliphatic carbocycles. The Kier molecular flexibility index (Phi) is 40.3. The molecule has 0 N–H and O–H groups in total. The molecule has 314 valence electrons. The molecule has 0 saturated carbocycles. The third-order valence-corrected chi connectivity index (χ3v) is 10.9. The van der Waals surface area contributed by atoms with Crippen LogP contribution in [0.15, 0.2) is 0 Å². The second-order valence-electron chi connectivity index (χ2n) is 16.3. The van der Waals surface area contributed by atoms with E-state index in [0.717, 1.165) is 63.7 Å². The second kappa shape index (κ2) is 41.6. The molecule has 2 atom stereocenters. The maximum absolute atomic E-state index is 12.7. The monoisotopic (exact) mass is 751 g/mol. The van der Waals surface area contributed by atoms with Gasteiger partial charge in [0.15, 0.2) is 6.10 Å². The van der Waals surface area contributed by atoms with E-state index < -0.39 is 6.10 Å². The van der Waals surface area contributed by atoms with Gasteiger partial charge in [0.05, 0.1) is 0 Å². The lowest BCUT2D eigenvalue weighted by atomic mass is 10.00. The summed E-state index contributed by atoms with van der Waals surface area (Å²) in [6.45, 7) is 8.93. The van der Waals surface area contributed by atoms with Crippen LogP contribution in [0.2, 0.25) is 0 Å². The van der Waals surface area contributed by atoms with Crippen molar-refractivity contribution in [3.05, 3.63) is 0 Å². The van der Waals surface area contributed by atoms with Crippen LogP contribution in [-0.2, 0) is 28.6 Å². The van der Waals surface area contributed by atoms with Gasteiger partial charge >= 0.3 is 17.9 Å². The van der Waals surface area contributed by atoms with Gasteiger partial charge in [0.25, 0.3) is 0 Å². The van der Waals surface area contributed by atoms with Gasteiger partial charge in [-0.25, -0.2) is 0 Å². The number of rotatable bonds is 42. The summed E-state index contributed by atoms with van der Waals surface area (Å²) in [5.74, 6) is -0.0478. The van der Waals surface area contributed by atoms with Gasteiger partial charge in [0.2, 0.25) is 0 Å². The van der Waals surface area contributed by atoms with Gasteiger partial charge in [-0.15, -0.1) is 0 Å². The number of hydrogen-bond donors (Lipinski definition) is 0. The van der Waals surface area contributed by atoms with Gasteiger partial charge in [-0.2, -0.15) is 0 Å². The van der Waals surface area contributed by atoms with Gasteiger partial charge in [0, 0.05) is 19.3 Å². The summed E-state index contributed by atoms with van der Waals surface area (Å²) in [5.41, 5.74) is 0. The number of hydrogen-bond acceptors (Lipinski definition) is 6. The molecular formula is C47H90O6. The highest BCUT2D eigenvalue weighted by molar-refractivity contribution is 5.71. The highest BCUT2D eigenvalue weighted by Gasteiger charge is 2.19. The zero-order valence-electron chi connectivity index (χ0n) is 36.0. The predicted octanol–water partition coefficient (Wildman–Crippen LogP) is 14.7. The summed E-state index contributed by atoms with van der Waals surface area (Å²) >= 11 is 0. The molecule has 0 rings (SSSR count). The molecule has 0 radical (unpaired) electrons. The van der Waals surface area contributed by atoms with Gasteiger partial charge in [0.1, 0.15) is 13.2 Å². The van der Waals surface area contributed by atoms with Crippen LogP contribution in [0.4, 0.5) is 0 Å². The fourth-order valence-corrected chi connectivity index (χ4v) is 6.95. The van der Waals surface area contributed by atoms with Crippen LogP contribution in [0.5, 0.6) is 0 Å². The maximum atomic E-state index is 12.7. The highest BCUT2D eigenvalue weighted by Crippen LogP contribution is 2.17. The molecule has 0 saturated heterocycles. The quantitative estimate of drug-likeness (QED) is 0.0351. The van der Waals surface area contributed by atoms with Gasteiger partial charge < -0.3 is 14.2 Å². The first-order valence-electron chi connectivity index (χ1n) is 23.4. The third-order valence-electron chi connectivity index (χ3n) is 10.9. The van der Waals surface area contributed by atoms with E-state index in [1.165, 1.54) is 154 Å². The van der Waals surface area contributed by atoms with E-state index in [1.54, 1.807) is 0 Å². The van der Waals surface area contributed by atoms with Crippen molar-refractivity contribution in [2.75, 3.05) is 13.2 Å². The number of esters is 3. The molecule has 1 unspecified atom stereocenters. The molecule has 6 heteroatoms. The van der Waals surface area contributed by atoms with Crippen molar-refractivity contribution in [1.29, 1.82) is 0 Å². The summed E-state index contributed by atoms with van der Waals surface area (Å²) in [6, 6.07) is 0. The Morgan fingerprint density at radius 3 is 0.981 bits per heavy atom. The molecule has 0 amide bonds. The maximum Gasteiger partial charge on any atom is 0.306 e. The number of ether oxygens (including phenoxy) is 3. The first-order valence-corrected chi connectivity index (χ1v) is 23.4. The molecule has 0 fully saturated rings. The smallest absolute Gasteiger partial charge is 0.306 e. The van der Waals surface area contributed by atoms with E-state index in [0.29, 0.717) is 19.3 Å². The van der Waals surface area contributed by atoms with Crippen LogP contribution < -0.4 is 0 Å². The van der Waals surface area contributed by atoms with Gasteiger partial charge in [-0.1, -0.05) is 220 Å². The van der Waals surface area contributed by atoms with Crippen molar-refractivity contribution >= 4 is 17.9 Å². The molecule has 0 aromatic rings. The van der Waals surface area contributed by atoms with Crippen LogP contribution in [0.1, 0.15) is 259 Å². The van der Waals surface area contributed by atoms with Crippen molar-refractivity contribution in [2.45, 2.75) is 265 Å². The SMILES string of the molecule is CCCCCCCCCCCCCCCCCCCCC(=O)O[C@@H](COC(=O)CCCCCCCCC)COC(=O)CCCCCCCCC(C)CC. The molecule has 0 heterocycles. The Morgan fingerprint density at radius 1 is 0.377 bits per heavy atom. The van der Waals surface area contributed by atoms with Crippen LogP contribution in [0, 0.1) is 5.92 Å². The Labute approximate surface area is 329 Å².